The van der Waals surface area contributed by atoms with Crippen molar-refractivity contribution in [1.82, 2.24) is 15.5 Å². The van der Waals surface area contributed by atoms with E-state index in [4.69, 9.17) is 23.7 Å². The molecular formula is C31H41N3O8. The molecule has 11 nitrogen and oxygen atoms in total. The number of ether oxygens (including phenoxy) is 5. The second kappa shape index (κ2) is 13.8. The summed E-state index contributed by atoms with van der Waals surface area (Å²) in [6, 6.07) is 18.6. The molecule has 0 spiro atoms. The van der Waals surface area contributed by atoms with E-state index in [1.165, 1.54) is 10.5 Å². The van der Waals surface area contributed by atoms with Crippen LogP contribution in [0, 0.1) is 0 Å². The quantitative estimate of drug-likeness (QED) is 0.387. The zero-order valence-electron chi connectivity index (χ0n) is 24.3. The van der Waals surface area contributed by atoms with Crippen LogP contribution in [0.5, 0.6) is 0 Å². The van der Waals surface area contributed by atoms with E-state index in [2.05, 4.69) is 29.7 Å². The Bertz CT molecular complexity index is 1170. The minimum absolute atomic E-state index is 0.100. The van der Waals surface area contributed by atoms with Gasteiger partial charge in [-0.05, 0) is 37.3 Å². The van der Waals surface area contributed by atoms with Crippen molar-refractivity contribution in [2.75, 3.05) is 20.7 Å². The van der Waals surface area contributed by atoms with E-state index in [-0.39, 0.29) is 18.8 Å². The first kappa shape index (κ1) is 30.2. The van der Waals surface area contributed by atoms with Gasteiger partial charge in [0.1, 0.15) is 24.9 Å². The molecule has 9 atom stereocenters. The molecule has 5 rings (SSSR count). The predicted octanol–water partition coefficient (Wildman–Crippen LogP) is 3.12. The van der Waals surface area contributed by atoms with E-state index in [1.807, 2.05) is 48.5 Å². The first-order valence-electron chi connectivity index (χ1n) is 14.5. The Morgan fingerprint density at radius 2 is 1.83 bits per heavy atom. The molecule has 2 heterocycles. The van der Waals surface area contributed by atoms with Gasteiger partial charge >= 0.3 is 12.2 Å². The number of likely N-dealkylation sites (N-methyl/N-ethyl adjacent to an activating group) is 1. The summed E-state index contributed by atoms with van der Waals surface area (Å²) >= 11 is 0. The minimum atomic E-state index is -0.975. The van der Waals surface area contributed by atoms with E-state index in [0.717, 1.165) is 5.56 Å². The van der Waals surface area contributed by atoms with Crippen LogP contribution in [0.4, 0.5) is 9.59 Å². The number of fused-ring (bicyclic) bond motifs is 1. The molecule has 2 aliphatic heterocycles. The van der Waals surface area contributed by atoms with Gasteiger partial charge in [-0.3, -0.25) is 0 Å². The summed E-state index contributed by atoms with van der Waals surface area (Å²) in [6.45, 7) is 2.76. The summed E-state index contributed by atoms with van der Waals surface area (Å²) in [7, 11) is 3.21. The molecule has 2 amide bonds. The van der Waals surface area contributed by atoms with Crippen molar-refractivity contribution in [3.8, 4) is 0 Å². The van der Waals surface area contributed by atoms with Crippen LogP contribution in [0.15, 0.2) is 60.7 Å². The SMILES string of the molecule is CO[C@H]1C[C@H](NC(=O)OCc2ccccc2)[C@@H](O[C@H]2O[C@H](CN[C@H](C)c3ccccc3)CC[C@@H]2O)[C@@H]2OC(=O)N(C)[C@@H]21. The average molecular weight is 584 g/mol. The maximum Gasteiger partial charge on any atom is 0.410 e. The summed E-state index contributed by atoms with van der Waals surface area (Å²) < 4.78 is 29.6. The van der Waals surface area contributed by atoms with E-state index < -0.39 is 55.0 Å². The Hall–Kier alpha value is -3.22. The van der Waals surface area contributed by atoms with Crippen LogP contribution in [0.2, 0.25) is 0 Å². The fourth-order valence-electron chi connectivity index (χ4n) is 5.99. The fourth-order valence-corrected chi connectivity index (χ4v) is 5.99. The standard InChI is InChI=1S/C31H41N3O8/c1-19(21-12-8-5-9-13-21)32-17-22-14-15-24(35)29(40-22)41-27-23(33-30(36)39-18-20-10-6-4-7-11-20)16-25(38-3)26-28(27)42-31(37)34(26)2/h4-13,19,22-29,32,35H,14-18H2,1-3H3,(H,33,36)/t19-,22+,23+,24+,25+,26-,27-,28-,29-/m1/s1. The van der Waals surface area contributed by atoms with Crippen molar-refractivity contribution in [3.63, 3.8) is 0 Å². The lowest BCUT2D eigenvalue weighted by Crippen LogP contribution is -2.64. The number of alkyl carbamates (subject to hydrolysis) is 1. The largest absolute Gasteiger partial charge is 0.445 e. The predicted molar refractivity (Wildman–Crippen MR) is 152 cm³/mol. The second-order valence-electron chi connectivity index (χ2n) is 11.2. The molecule has 3 aliphatic rings. The number of carbonyl (C=O) groups is 2. The van der Waals surface area contributed by atoms with Gasteiger partial charge in [-0.1, -0.05) is 60.7 Å². The summed E-state index contributed by atoms with van der Waals surface area (Å²) in [4.78, 5) is 27.0. The monoisotopic (exact) mass is 583 g/mol. The first-order valence-corrected chi connectivity index (χ1v) is 14.5. The molecule has 11 heteroatoms. The number of amides is 2. The van der Waals surface area contributed by atoms with E-state index in [1.54, 1.807) is 14.2 Å². The molecule has 0 radical (unpaired) electrons. The highest BCUT2D eigenvalue weighted by Crippen LogP contribution is 2.36. The van der Waals surface area contributed by atoms with Crippen LogP contribution in [-0.2, 0) is 30.3 Å². The van der Waals surface area contributed by atoms with Crippen molar-refractivity contribution < 1.29 is 38.4 Å². The number of nitrogens with one attached hydrogen (secondary N) is 2. The molecule has 0 bridgehead atoms. The molecule has 228 valence electrons. The van der Waals surface area contributed by atoms with Crippen LogP contribution < -0.4 is 10.6 Å². The Kier molecular flexibility index (Phi) is 9.96. The molecule has 2 aromatic carbocycles. The summed E-state index contributed by atoms with van der Waals surface area (Å²) in [6.07, 6.45) is -3.71. The van der Waals surface area contributed by atoms with Crippen LogP contribution in [0.1, 0.15) is 43.4 Å². The van der Waals surface area contributed by atoms with Gasteiger partial charge < -0.3 is 44.3 Å². The first-order chi connectivity index (χ1) is 20.3. The van der Waals surface area contributed by atoms with Gasteiger partial charge in [0.15, 0.2) is 12.4 Å². The lowest BCUT2D eigenvalue weighted by Gasteiger charge is -2.45. The molecule has 0 aromatic heterocycles. The van der Waals surface area contributed by atoms with E-state index in [0.29, 0.717) is 25.8 Å². The number of nitrogens with zero attached hydrogens (tertiary/aromatic N) is 1. The molecule has 3 N–H and O–H groups in total. The highest BCUT2D eigenvalue weighted by Gasteiger charge is 2.56. The topological polar surface area (TPSA) is 128 Å². The van der Waals surface area contributed by atoms with Gasteiger partial charge in [-0.25, -0.2) is 9.59 Å². The number of aliphatic hydroxyl groups excluding tert-OH is 1. The van der Waals surface area contributed by atoms with Gasteiger partial charge in [0.25, 0.3) is 0 Å². The number of aliphatic hydroxyl groups is 1. The van der Waals surface area contributed by atoms with Crippen molar-refractivity contribution in [3.05, 3.63) is 71.8 Å². The zero-order chi connectivity index (χ0) is 29.6. The minimum Gasteiger partial charge on any atom is -0.445 e. The van der Waals surface area contributed by atoms with Crippen molar-refractivity contribution in [1.29, 1.82) is 0 Å². The lowest BCUT2D eigenvalue weighted by molar-refractivity contribution is -0.275. The smallest absolute Gasteiger partial charge is 0.410 e. The average Bonchev–Trinajstić information content (AvgIpc) is 3.31. The van der Waals surface area contributed by atoms with Crippen molar-refractivity contribution in [2.45, 2.75) is 87.7 Å². The van der Waals surface area contributed by atoms with Gasteiger partial charge in [0.2, 0.25) is 0 Å². The third kappa shape index (κ3) is 7.04. The maximum atomic E-state index is 12.9. The molecule has 1 saturated carbocycles. The van der Waals surface area contributed by atoms with Gasteiger partial charge in [0.05, 0.1) is 18.2 Å². The number of hydrogen-bond donors (Lipinski definition) is 3. The van der Waals surface area contributed by atoms with Crippen molar-refractivity contribution in [2.24, 2.45) is 0 Å². The highest BCUT2D eigenvalue weighted by molar-refractivity contribution is 5.71. The number of hydrogen-bond acceptors (Lipinski definition) is 9. The number of carbonyl (C=O) groups excluding carboxylic acids is 2. The number of rotatable bonds is 10. The third-order valence-corrected chi connectivity index (χ3v) is 8.38. The Morgan fingerprint density at radius 1 is 1.12 bits per heavy atom. The molecule has 1 aliphatic carbocycles. The van der Waals surface area contributed by atoms with Gasteiger partial charge in [-0.2, -0.15) is 0 Å². The highest BCUT2D eigenvalue weighted by atomic mass is 16.7. The van der Waals surface area contributed by atoms with E-state index in [9.17, 15) is 14.7 Å². The third-order valence-electron chi connectivity index (χ3n) is 8.38. The maximum absolute atomic E-state index is 12.9. The Labute approximate surface area is 246 Å². The van der Waals surface area contributed by atoms with Gasteiger partial charge in [-0.15, -0.1) is 0 Å². The summed E-state index contributed by atoms with van der Waals surface area (Å²) in [5.41, 5.74) is 2.02. The summed E-state index contributed by atoms with van der Waals surface area (Å²) in [5, 5.41) is 17.3. The number of methoxy groups -OCH3 is 1. The molecule has 2 saturated heterocycles. The van der Waals surface area contributed by atoms with Crippen LogP contribution in [-0.4, -0.2) is 91.8 Å². The molecule has 42 heavy (non-hydrogen) atoms. The molecule has 3 fully saturated rings. The molecule has 0 unspecified atom stereocenters. The molecular weight excluding hydrogens is 542 g/mol. The number of benzene rings is 2. The second-order valence-corrected chi connectivity index (χ2v) is 11.2. The van der Waals surface area contributed by atoms with Crippen LogP contribution in [0.25, 0.3) is 0 Å². The fraction of sp³-hybridized carbons (Fsp3) is 0.548. The molecule has 2 aromatic rings. The Balaban J connectivity index is 1.27. The normalized spacial score (nSPS) is 31.6. The zero-order valence-corrected chi connectivity index (χ0v) is 24.3. The van der Waals surface area contributed by atoms with Crippen LogP contribution in [0.3, 0.4) is 0 Å². The van der Waals surface area contributed by atoms with Gasteiger partial charge in [0, 0.05) is 26.7 Å². The van der Waals surface area contributed by atoms with Crippen molar-refractivity contribution >= 4 is 12.2 Å². The lowest BCUT2D eigenvalue weighted by atomic mass is 9.83. The van der Waals surface area contributed by atoms with E-state index >= 15 is 0 Å². The Morgan fingerprint density at radius 3 is 2.55 bits per heavy atom. The van der Waals surface area contributed by atoms with Crippen LogP contribution >= 0.6 is 0 Å². The summed E-state index contributed by atoms with van der Waals surface area (Å²) in [5.74, 6) is 0.